The molecule has 2 N–H and O–H groups in total. The molecule has 0 fully saturated rings. The summed E-state index contributed by atoms with van der Waals surface area (Å²) < 4.78 is 48.9. The minimum Gasteiger partial charge on any atom is -0.462 e. The number of carbonyl (C=O) groups excluding carboxylic acids is 2. The smallest absolute Gasteiger partial charge is 0.416 e. The Hall–Kier alpha value is -2.09. The standard InChI is InChI=1S/C18H24F3NO4/c1-10(2)7-14(22)17(24)26-15-8-12(18(19,20)21)5-6-13(15)16(23)25-9-11(3)4/h5-6,8,10-11,14H,7,9,22H2,1-4H3. The van der Waals surface area contributed by atoms with E-state index in [1.807, 2.05) is 27.7 Å². The SMILES string of the molecule is CC(C)COC(=O)c1ccc(C(F)(F)F)cc1OC(=O)C(N)CC(C)C. The first-order valence-electron chi connectivity index (χ1n) is 8.27. The molecule has 1 unspecified atom stereocenters. The van der Waals surface area contributed by atoms with Crippen molar-refractivity contribution in [3.8, 4) is 5.75 Å². The Morgan fingerprint density at radius 3 is 2.23 bits per heavy atom. The largest absolute Gasteiger partial charge is 0.462 e. The first-order valence-corrected chi connectivity index (χ1v) is 8.27. The molecule has 0 amide bonds. The average molecular weight is 375 g/mol. The topological polar surface area (TPSA) is 78.6 Å². The van der Waals surface area contributed by atoms with Crippen LogP contribution in [0.5, 0.6) is 5.75 Å². The molecule has 0 bridgehead atoms. The highest BCUT2D eigenvalue weighted by Crippen LogP contribution is 2.33. The number of ether oxygens (including phenoxy) is 2. The van der Waals surface area contributed by atoms with E-state index in [9.17, 15) is 22.8 Å². The normalized spacial score (nSPS) is 13.0. The Balaban J connectivity index is 3.14. The lowest BCUT2D eigenvalue weighted by molar-refractivity contribution is -0.139. The van der Waals surface area contributed by atoms with Crippen LogP contribution in [0.3, 0.4) is 0 Å². The van der Waals surface area contributed by atoms with E-state index < -0.39 is 35.5 Å². The van der Waals surface area contributed by atoms with Crippen LogP contribution in [0.1, 0.15) is 50.0 Å². The van der Waals surface area contributed by atoms with Gasteiger partial charge in [-0.2, -0.15) is 13.2 Å². The first kappa shape index (κ1) is 22.0. The van der Waals surface area contributed by atoms with Crippen molar-refractivity contribution < 1.29 is 32.2 Å². The minimum atomic E-state index is -4.65. The molecule has 0 saturated heterocycles. The second kappa shape index (κ2) is 9.02. The van der Waals surface area contributed by atoms with Gasteiger partial charge in [-0.25, -0.2) is 9.59 Å². The molecule has 0 aliphatic heterocycles. The summed E-state index contributed by atoms with van der Waals surface area (Å²) >= 11 is 0. The quantitative estimate of drug-likeness (QED) is 0.579. The highest BCUT2D eigenvalue weighted by atomic mass is 19.4. The number of rotatable bonds is 7. The molecule has 1 aromatic carbocycles. The van der Waals surface area contributed by atoms with Gasteiger partial charge in [-0.1, -0.05) is 27.7 Å². The van der Waals surface area contributed by atoms with Gasteiger partial charge in [0.25, 0.3) is 0 Å². The number of alkyl halides is 3. The fraction of sp³-hybridized carbons (Fsp3) is 0.556. The molecule has 8 heteroatoms. The summed E-state index contributed by atoms with van der Waals surface area (Å²) in [6, 6.07) is 1.26. The van der Waals surface area contributed by atoms with Crippen molar-refractivity contribution in [1.29, 1.82) is 0 Å². The number of carbonyl (C=O) groups is 2. The van der Waals surface area contributed by atoms with Crippen LogP contribution in [0, 0.1) is 11.8 Å². The first-order chi connectivity index (χ1) is 11.9. The van der Waals surface area contributed by atoms with Crippen LogP contribution in [0.4, 0.5) is 13.2 Å². The van der Waals surface area contributed by atoms with Crippen molar-refractivity contribution in [1.82, 2.24) is 0 Å². The fourth-order valence-corrected chi connectivity index (χ4v) is 2.06. The van der Waals surface area contributed by atoms with Crippen LogP contribution in [0.2, 0.25) is 0 Å². The summed E-state index contributed by atoms with van der Waals surface area (Å²) in [7, 11) is 0. The third-order valence-electron chi connectivity index (χ3n) is 3.32. The summed E-state index contributed by atoms with van der Waals surface area (Å²) in [6.45, 7) is 7.39. The predicted molar refractivity (Wildman–Crippen MR) is 89.6 cm³/mol. The average Bonchev–Trinajstić information content (AvgIpc) is 2.50. The van der Waals surface area contributed by atoms with Crippen molar-refractivity contribution in [3.05, 3.63) is 29.3 Å². The van der Waals surface area contributed by atoms with Crippen LogP contribution in [0.25, 0.3) is 0 Å². The summed E-state index contributed by atoms with van der Waals surface area (Å²) in [5.41, 5.74) is 4.40. The van der Waals surface area contributed by atoms with E-state index in [-0.39, 0.29) is 24.0 Å². The van der Waals surface area contributed by atoms with Gasteiger partial charge in [0.05, 0.1) is 12.2 Å². The van der Waals surface area contributed by atoms with Gasteiger partial charge in [-0.3, -0.25) is 0 Å². The number of esters is 2. The minimum absolute atomic E-state index is 0.0406. The zero-order chi connectivity index (χ0) is 20.1. The molecule has 0 heterocycles. The molecule has 1 atom stereocenters. The van der Waals surface area contributed by atoms with Crippen LogP contribution < -0.4 is 10.5 Å². The van der Waals surface area contributed by atoms with Gasteiger partial charge >= 0.3 is 18.1 Å². The fourth-order valence-electron chi connectivity index (χ4n) is 2.06. The van der Waals surface area contributed by atoms with Crippen molar-refractivity contribution in [3.63, 3.8) is 0 Å². The third kappa shape index (κ3) is 6.67. The molecule has 0 aliphatic rings. The molecule has 1 aromatic rings. The van der Waals surface area contributed by atoms with E-state index in [4.69, 9.17) is 15.2 Å². The maximum atomic E-state index is 12.9. The van der Waals surface area contributed by atoms with E-state index in [1.165, 1.54) is 0 Å². The molecular formula is C18H24F3NO4. The molecule has 0 spiro atoms. The molecule has 0 aliphatic carbocycles. The van der Waals surface area contributed by atoms with Crippen molar-refractivity contribution in [2.45, 2.75) is 46.3 Å². The van der Waals surface area contributed by atoms with Crippen LogP contribution >= 0.6 is 0 Å². The Bertz CT molecular complexity index is 642. The predicted octanol–water partition coefficient (Wildman–Crippen LogP) is 3.80. The second-order valence-corrected chi connectivity index (χ2v) is 6.86. The molecule has 146 valence electrons. The van der Waals surface area contributed by atoms with Crippen molar-refractivity contribution in [2.75, 3.05) is 6.61 Å². The number of hydrogen-bond acceptors (Lipinski definition) is 5. The van der Waals surface area contributed by atoms with Gasteiger partial charge in [-0.05, 0) is 36.5 Å². The molecule has 0 aromatic heterocycles. The summed E-state index contributed by atoms with van der Waals surface area (Å²) in [6.07, 6.45) is -4.35. The molecule has 0 saturated carbocycles. The Morgan fingerprint density at radius 2 is 1.73 bits per heavy atom. The second-order valence-electron chi connectivity index (χ2n) is 6.86. The Labute approximate surface area is 150 Å². The molecular weight excluding hydrogens is 351 g/mol. The van der Waals surface area contributed by atoms with Gasteiger partial charge < -0.3 is 15.2 Å². The Kier molecular flexibility index (Phi) is 7.62. The van der Waals surface area contributed by atoms with E-state index in [0.29, 0.717) is 12.5 Å². The zero-order valence-corrected chi connectivity index (χ0v) is 15.2. The van der Waals surface area contributed by atoms with E-state index in [1.54, 1.807) is 0 Å². The number of halogens is 3. The van der Waals surface area contributed by atoms with E-state index in [0.717, 1.165) is 12.1 Å². The van der Waals surface area contributed by atoms with E-state index in [2.05, 4.69) is 0 Å². The maximum absolute atomic E-state index is 12.9. The zero-order valence-electron chi connectivity index (χ0n) is 15.2. The van der Waals surface area contributed by atoms with Gasteiger partial charge in [0.1, 0.15) is 17.4 Å². The van der Waals surface area contributed by atoms with Crippen LogP contribution in [-0.4, -0.2) is 24.6 Å². The van der Waals surface area contributed by atoms with Crippen LogP contribution in [0.15, 0.2) is 18.2 Å². The molecule has 5 nitrogen and oxygen atoms in total. The van der Waals surface area contributed by atoms with Gasteiger partial charge in [-0.15, -0.1) is 0 Å². The summed E-state index contributed by atoms with van der Waals surface area (Å²) in [5.74, 6) is -2.16. The highest BCUT2D eigenvalue weighted by Gasteiger charge is 2.33. The van der Waals surface area contributed by atoms with Crippen molar-refractivity contribution in [2.24, 2.45) is 17.6 Å². The lowest BCUT2D eigenvalue weighted by Crippen LogP contribution is -2.35. The molecule has 26 heavy (non-hydrogen) atoms. The van der Waals surface area contributed by atoms with Gasteiger partial charge in [0, 0.05) is 0 Å². The third-order valence-corrected chi connectivity index (χ3v) is 3.32. The lowest BCUT2D eigenvalue weighted by atomic mass is 10.0. The number of nitrogens with two attached hydrogens (primary N) is 1. The number of benzene rings is 1. The van der Waals surface area contributed by atoms with Gasteiger partial charge in [0.15, 0.2) is 0 Å². The summed E-state index contributed by atoms with van der Waals surface area (Å²) in [5, 5.41) is 0. The van der Waals surface area contributed by atoms with Gasteiger partial charge in [0.2, 0.25) is 0 Å². The summed E-state index contributed by atoms with van der Waals surface area (Å²) in [4.78, 5) is 24.2. The maximum Gasteiger partial charge on any atom is 0.416 e. The highest BCUT2D eigenvalue weighted by molar-refractivity contribution is 5.94. The molecule has 1 rings (SSSR count). The number of hydrogen-bond donors (Lipinski definition) is 1. The molecule has 0 radical (unpaired) electrons. The van der Waals surface area contributed by atoms with Crippen molar-refractivity contribution >= 4 is 11.9 Å². The monoisotopic (exact) mass is 375 g/mol. The van der Waals surface area contributed by atoms with E-state index >= 15 is 0 Å². The lowest BCUT2D eigenvalue weighted by Gasteiger charge is -2.17. The Morgan fingerprint density at radius 1 is 1.12 bits per heavy atom. The van der Waals surface area contributed by atoms with Crippen LogP contribution in [-0.2, 0) is 15.7 Å².